The summed E-state index contributed by atoms with van der Waals surface area (Å²) in [6.45, 7) is 8.04. The molecule has 4 atom stereocenters. The van der Waals surface area contributed by atoms with E-state index in [1.54, 1.807) is 13.8 Å². The lowest BCUT2D eigenvalue weighted by atomic mass is 9.95. The van der Waals surface area contributed by atoms with Gasteiger partial charge in [0, 0.05) is 19.6 Å². The van der Waals surface area contributed by atoms with E-state index in [0.717, 1.165) is 0 Å². The van der Waals surface area contributed by atoms with Crippen LogP contribution in [-0.2, 0) is 14.3 Å². The Hall–Kier alpha value is -1.14. The normalized spacial score (nSPS) is 32.7. The number of ether oxygens (including phenoxy) is 1. The number of fused-ring (bicyclic) bond motifs is 1. The molecule has 0 aromatic carbocycles. The molecule has 1 heterocycles. The number of carbonyl (C=O) groups excluding carboxylic acids is 1. The summed E-state index contributed by atoms with van der Waals surface area (Å²) in [6, 6.07) is -1.63. The lowest BCUT2D eigenvalue weighted by Gasteiger charge is -2.35. The number of piperidine rings is 1. The molecule has 1 aliphatic heterocycles. The van der Waals surface area contributed by atoms with E-state index in [2.05, 4.69) is 13.8 Å². The monoisotopic (exact) mass is 284 g/mol. The number of nitrogens with zero attached hydrogens (tertiary/aromatic N) is 1. The zero-order chi connectivity index (χ0) is 15.5. The molecule has 6 nitrogen and oxygen atoms in total. The van der Waals surface area contributed by atoms with Gasteiger partial charge in [-0.1, -0.05) is 13.8 Å². The van der Waals surface area contributed by atoms with Crippen LogP contribution >= 0.6 is 0 Å². The fraction of sp³-hybridized carbons (Fsp3) is 0.857. The first-order chi connectivity index (χ1) is 9.05. The number of carbonyl (C=O) groups is 2. The summed E-state index contributed by atoms with van der Waals surface area (Å²) in [7, 11) is 1.49. The number of aliphatic carboxylic acids is 1. The van der Waals surface area contributed by atoms with E-state index >= 15 is 0 Å². The highest BCUT2D eigenvalue weighted by molar-refractivity contribution is 5.89. The predicted molar refractivity (Wildman–Crippen MR) is 73.0 cm³/mol. The summed E-state index contributed by atoms with van der Waals surface area (Å²) >= 11 is 0. The van der Waals surface area contributed by atoms with Gasteiger partial charge in [0.15, 0.2) is 0 Å². The second-order valence-electron chi connectivity index (χ2n) is 7.01. The van der Waals surface area contributed by atoms with Gasteiger partial charge in [-0.05, 0) is 25.2 Å². The Morgan fingerprint density at radius 2 is 2.00 bits per heavy atom. The van der Waals surface area contributed by atoms with Crippen LogP contribution in [0.1, 0.15) is 27.7 Å². The molecule has 0 aromatic heterocycles. The molecule has 0 radical (unpaired) electrons. The minimum absolute atomic E-state index is 0.000700. The number of hydrogen-bond acceptors (Lipinski definition) is 4. The summed E-state index contributed by atoms with van der Waals surface area (Å²) < 4.78 is 5.23. The lowest BCUT2D eigenvalue weighted by molar-refractivity contribution is -0.153. The molecule has 114 valence electrons. The van der Waals surface area contributed by atoms with Crippen molar-refractivity contribution in [2.75, 3.05) is 13.7 Å². The van der Waals surface area contributed by atoms with Crippen molar-refractivity contribution >= 4 is 11.9 Å². The number of amides is 1. The standard InChI is InChI=1S/C14H24N2O4/c1-13(2)7-6-16(9(8(7)13)12(18)19)11(17)10(15)14(3,4)20-5/h7-10H,6,15H2,1-5H3,(H,18,19)/t7-,8-,9-,10?/m0/s1. The van der Waals surface area contributed by atoms with Crippen molar-refractivity contribution in [2.45, 2.75) is 45.4 Å². The predicted octanol–water partition coefficient (Wildman–Crippen LogP) is 0.306. The SMILES string of the molecule is COC(C)(C)C(N)C(=O)N1C[C@H]2[C@@H]([C@H]1C(=O)O)C2(C)C. The minimum atomic E-state index is -0.946. The third kappa shape index (κ3) is 2.02. The molecule has 0 spiro atoms. The maximum absolute atomic E-state index is 12.5. The zero-order valence-electron chi connectivity index (χ0n) is 12.7. The van der Waals surface area contributed by atoms with Crippen LogP contribution < -0.4 is 5.73 Å². The van der Waals surface area contributed by atoms with Gasteiger partial charge in [-0.25, -0.2) is 4.79 Å². The van der Waals surface area contributed by atoms with Crippen LogP contribution in [0, 0.1) is 17.3 Å². The highest BCUT2D eigenvalue weighted by Crippen LogP contribution is 2.64. The molecule has 1 saturated heterocycles. The van der Waals surface area contributed by atoms with Gasteiger partial charge in [0.25, 0.3) is 0 Å². The van der Waals surface area contributed by atoms with Gasteiger partial charge in [0.05, 0.1) is 5.60 Å². The molecule has 3 N–H and O–H groups in total. The number of carboxylic acids is 1. The van der Waals surface area contributed by atoms with E-state index in [-0.39, 0.29) is 23.2 Å². The van der Waals surface area contributed by atoms with E-state index in [1.165, 1.54) is 12.0 Å². The van der Waals surface area contributed by atoms with Crippen LogP contribution in [0.3, 0.4) is 0 Å². The van der Waals surface area contributed by atoms with Gasteiger partial charge in [0.2, 0.25) is 5.91 Å². The maximum atomic E-state index is 12.5. The summed E-state index contributed by atoms with van der Waals surface area (Å²) in [5, 5.41) is 9.44. The summed E-state index contributed by atoms with van der Waals surface area (Å²) in [5.74, 6) is -1.00. The van der Waals surface area contributed by atoms with Crippen molar-refractivity contribution in [1.29, 1.82) is 0 Å². The van der Waals surface area contributed by atoms with Crippen molar-refractivity contribution in [1.82, 2.24) is 4.90 Å². The second-order valence-corrected chi connectivity index (χ2v) is 7.01. The minimum Gasteiger partial charge on any atom is -0.480 e. The molecule has 2 fully saturated rings. The highest BCUT2D eigenvalue weighted by Gasteiger charge is 2.69. The van der Waals surface area contributed by atoms with Crippen LogP contribution in [0.4, 0.5) is 0 Å². The van der Waals surface area contributed by atoms with Crippen molar-refractivity contribution in [2.24, 2.45) is 23.0 Å². The fourth-order valence-electron chi connectivity index (χ4n) is 3.40. The van der Waals surface area contributed by atoms with Gasteiger partial charge in [-0.15, -0.1) is 0 Å². The molecule has 1 unspecified atom stereocenters. The van der Waals surface area contributed by atoms with Crippen molar-refractivity contribution in [3.8, 4) is 0 Å². The molecule has 1 aliphatic carbocycles. The molecular formula is C14H24N2O4. The molecule has 2 aliphatic rings. The van der Waals surface area contributed by atoms with E-state index in [0.29, 0.717) is 6.54 Å². The number of nitrogens with two attached hydrogens (primary N) is 1. The van der Waals surface area contributed by atoms with Gasteiger partial charge in [0.1, 0.15) is 12.1 Å². The van der Waals surface area contributed by atoms with Gasteiger partial charge >= 0.3 is 5.97 Å². The third-order valence-electron chi connectivity index (χ3n) is 5.29. The first-order valence-electron chi connectivity index (χ1n) is 6.89. The number of hydrogen-bond donors (Lipinski definition) is 2. The number of likely N-dealkylation sites (tertiary alicyclic amines) is 1. The van der Waals surface area contributed by atoms with E-state index < -0.39 is 23.7 Å². The topological polar surface area (TPSA) is 92.9 Å². The van der Waals surface area contributed by atoms with Crippen LogP contribution in [0.2, 0.25) is 0 Å². The van der Waals surface area contributed by atoms with Crippen molar-refractivity contribution in [3.05, 3.63) is 0 Å². The third-order valence-corrected chi connectivity index (χ3v) is 5.29. The van der Waals surface area contributed by atoms with Crippen LogP contribution in [0.15, 0.2) is 0 Å². The first-order valence-corrected chi connectivity index (χ1v) is 6.89. The van der Waals surface area contributed by atoms with E-state index in [4.69, 9.17) is 10.5 Å². The number of methoxy groups -OCH3 is 1. The summed E-state index contributed by atoms with van der Waals surface area (Å²) in [6.07, 6.45) is 0. The van der Waals surface area contributed by atoms with Gasteiger partial charge in [-0.3, -0.25) is 4.79 Å². The van der Waals surface area contributed by atoms with Crippen LogP contribution in [0.25, 0.3) is 0 Å². The Morgan fingerprint density at radius 1 is 1.45 bits per heavy atom. The Kier molecular flexibility index (Phi) is 3.38. The Balaban J connectivity index is 2.18. The average molecular weight is 284 g/mol. The van der Waals surface area contributed by atoms with Crippen LogP contribution in [-0.4, -0.2) is 53.2 Å². The van der Waals surface area contributed by atoms with E-state index in [9.17, 15) is 14.7 Å². The van der Waals surface area contributed by atoms with E-state index in [1.807, 2.05) is 0 Å². The molecule has 1 amide bonds. The largest absolute Gasteiger partial charge is 0.480 e. The molecular weight excluding hydrogens is 260 g/mol. The molecule has 1 saturated carbocycles. The molecule has 0 aromatic rings. The molecule has 2 rings (SSSR count). The van der Waals surface area contributed by atoms with Crippen molar-refractivity contribution in [3.63, 3.8) is 0 Å². The number of carboxylic acid groups (broad SMARTS) is 1. The van der Waals surface area contributed by atoms with Gasteiger partial charge in [-0.2, -0.15) is 0 Å². The lowest BCUT2D eigenvalue weighted by Crippen LogP contribution is -2.58. The van der Waals surface area contributed by atoms with Crippen LogP contribution in [0.5, 0.6) is 0 Å². The second kappa shape index (κ2) is 4.43. The molecule has 0 bridgehead atoms. The molecule has 20 heavy (non-hydrogen) atoms. The quantitative estimate of drug-likeness (QED) is 0.775. The smallest absolute Gasteiger partial charge is 0.326 e. The number of rotatable bonds is 4. The Labute approximate surface area is 119 Å². The Bertz CT molecular complexity index is 446. The van der Waals surface area contributed by atoms with Crippen molar-refractivity contribution < 1.29 is 19.4 Å². The first kappa shape index (κ1) is 15.3. The summed E-state index contributed by atoms with van der Waals surface area (Å²) in [5.41, 5.74) is 5.15. The Morgan fingerprint density at radius 3 is 2.45 bits per heavy atom. The maximum Gasteiger partial charge on any atom is 0.326 e. The fourth-order valence-corrected chi connectivity index (χ4v) is 3.40. The molecule has 6 heteroatoms. The van der Waals surface area contributed by atoms with Gasteiger partial charge < -0.3 is 20.5 Å². The summed E-state index contributed by atoms with van der Waals surface area (Å²) in [4.78, 5) is 25.4. The average Bonchev–Trinajstić information content (AvgIpc) is 2.78. The highest BCUT2D eigenvalue weighted by atomic mass is 16.5. The zero-order valence-corrected chi connectivity index (χ0v) is 12.7.